The fraction of sp³-hybridized carbons (Fsp3) is 0.950. The van der Waals surface area contributed by atoms with Crippen molar-refractivity contribution in [1.29, 1.82) is 0 Å². The normalized spacial score (nSPS) is 24.1. The first-order valence-electron chi connectivity index (χ1n) is 9.76. The van der Waals surface area contributed by atoms with Crippen molar-refractivity contribution in [1.82, 2.24) is 10.6 Å². The Bertz CT molecular complexity index is 410. The number of aliphatic imine (C=N–C) groups is 1. The van der Waals surface area contributed by atoms with Crippen LogP contribution in [0.15, 0.2) is 4.99 Å². The van der Waals surface area contributed by atoms with Crippen molar-refractivity contribution in [2.45, 2.75) is 73.5 Å². The SMILES string of the molecule is CCNC(=NCC(OC)C(C)(C)C)NCC1CCCOC1C(C)(C)C. The highest BCUT2D eigenvalue weighted by Crippen LogP contribution is 2.33. The number of guanidine groups is 1. The van der Waals surface area contributed by atoms with Gasteiger partial charge in [-0.25, -0.2) is 0 Å². The molecule has 0 aromatic carbocycles. The van der Waals surface area contributed by atoms with Gasteiger partial charge in [0.25, 0.3) is 0 Å². The molecule has 5 heteroatoms. The van der Waals surface area contributed by atoms with E-state index < -0.39 is 0 Å². The Hall–Kier alpha value is -0.810. The second kappa shape index (κ2) is 9.77. The number of hydrogen-bond acceptors (Lipinski definition) is 3. The summed E-state index contributed by atoms with van der Waals surface area (Å²) >= 11 is 0. The molecular weight excluding hydrogens is 314 g/mol. The standard InChI is InChI=1S/C20H41N3O2/c1-9-21-18(23-14-16(24-8)19(2,3)4)22-13-15-11-10-12-25-17(15)20(5,6)7/h15-17H,9-14H2,1-8H3,(H2,21,22,23). The minimum Gasteiger partial charge on any atom is -0.379 e. The average Bonchev–Trinajstić information content (AvgIpc) is 2.51. The van der Waals surface area contributed by atoms with Crippen LogP contribution in [0.5, 0.6) is 0 Å². The van der Waals surface area contributed by atoms with Gasteiger partial charge in [-0.3, -0.25) is 4.99 Å². The third-order valence-electron chi connectivity index (χ3n) is 4.84. The summed E-state index contributed by atoms with van der Waals surface area (Å²) in [5, 5.41) is 6.88. The van der Waals surface area contributed by atoms with E-state index in [2.05, 4.69) is 59.1 Å². The van der Waals surface area contributed by atoms with E-state index in [-0.39, 0.29) is 23.0 Å². The van der Waals surface area contributed by atoms with Gasteiger partial charge >= 0.3 is 0 Å². The molecule has 3 atom stereocenters. The summed E-state index contributed by atoms with van der Waals surface area (Å²) in [6.07, 6.45) is 2.74. The highest BCUT2D eigenvalue weighted by molar-refractivity contribution is 5.79. The minimum atomic E-state index is 0.0735. The fourth-order valence-corrected chi connectivity index (χ4v) is 3.46. The van der Waals surface area contributed by atoms with Crippen molar-refractivity contribution in [2.75, 3.05) is 33.4 Å². The summed E-state index contributed by atoms with van der Waals surface area (Å²) in [6, 6.07) is 0. The first-order valence-corrected chi connectivity index (χ1v) is 9.76. The van der Waals surface area contributed by atoms with E-state index in [1.165, 1.54) is 6.42 Å². The van der Waals surface area contributed by atoms with Gasteiger partial charge in [-0.2, -0.15) is 0 Å². The molecule has 1 heterocycles. The number of nitrogens with zero attached hydrogens (tertiary/aromatic N) is 1. The zero-order valence-corrected chi connectivity index (χ0v) is 17.7. The van der Waals surface area contributed by atoms with E-state index in [9.17, 15) is 0 Å². The Morgan fingerprint density at radius 2 is 1.88 bits per heavy atom. The monoisotopic (exact) mass is 355 g/mol. The van der Waals surface area contributed by atoms with Gasteiger partial charge in [0.15, 0.2) is 5.96 Å². The van der Waals surface area contributed by atoms with E-state index in [1.807, 2.05) is 0 Å². The third kappa shape index (κ3) is 7.53. The third-order valence-corrected chi connectivity index (χ3v) is 4.84. The van der Waals surface area contributed by atoms with Crippen molar-refractivity contribution < 1.29 is 9.47 Å². The van der Waals surface area contributed by atoms with Crippen LogP contribution in [-0.2, 0) is 9.47 Å². The molecule has 1 saturated heterocycles. The number of ether oxygens (including phenoxy) is 2. The molecule has 2 N–H and O–H groups in total. The smallest absolute Gasteiger partial charge is 0.191 e. The van der Waals surface area contributed by atoms with Crippen LogP contribution >= 0.6 is 0 Å². The van der Waals surface area contributed by atoms with Gasteiger partial charge in [-0.1, -0.05) is 41.5 Å². The Kier molecular flexibility index (Phi) is 8.69. The van der Waals surface area contributed by atoms with Crippen LogP contribution < -0.4 is 10.6 Å². The molecule has 0 radical (unpaired) electrons. The molecule has 1 aliphatic rings. The van der Waals surface area contributed by atoms with Crippen molar-refractivity contribution >= 4 is 5.96 Å². The molecule has 25 heavy (non-hydrogen) atoms. The van der Waals surface area contributed by atoms with Crippen molar-refractivity contribution in [3.63, 3.8) is 0 Å². The molecule has 1 aliphatic heterocycles. The summed E-state index contributed by atoms with van der Waals surface area (Å²) in [4.78, 5) is 4.75. The summed E-state index contributed by atoms with van der Waals surface area (Å²) in [5.41, 5.74) is 0.236. The van der Waals surface area contributed by atoms with E-state index in [1.54, 1.807) is 7.11 Å². The van der Waals surface area contributed by atoms with E-state index in [0.717, 1.165) is 32.1 Å². The second-order valence-corrected chi connectivity index (χ2v) is 9.25. The Morgan fingerprint density at radius 1 is 1.20 bits per heavy atom. The van der Waals surface area contributed by atoms with Crippen LogP contribution in [0.25, 0.3) is 0 Å². The molecule has 0 bridgehead atoms. The highest BCUT2D eigenvalue weighted by Gasteiger charge is 2.35. The van der Waals surface area contributed by atoms with E-state index in [4.69, 9.17) is 14.5 Å². The molecule has 0 aliphatic carbocycles. The van der Waals surface area contributed by atoms with E-state index >= 15 is 0 Å². The molecular formula is C20H41N3O2. The number of hydrogen-bond donors (Lipinski definition) is 2. The molecule has 1 fully saturated rings. The van der Waals surface area contributed by atoms with Crippen LogP contribution in [0.1, 0.15) is 61.3 Å². The first kappa shape index (κ1) is 22.2. The van der Waals surface area contributed by atoms with Gasteiger partial charge < -0.3 is 20.1 Å². The Balaban J connectivity index is 2.69. The molecule has 0 aromatic heterocycles. The summed E-state index contributed by atoms with van der Waals surface area (Å²) in [5.74, 6) is 1.38. The molecule has 5 nitrogen and oxygen atoms in total. The van der Waals surface area contributed by atoms with Crippen molar-refractivity contribution in [3.05, 3.63) is 0 Å². The van der Waals surface area contributed by atoms with Gasteiger partial charge in [0.1, 0.15) is 0 Å². The molecule has 3 unspecified atom stereocenters. The zero-order valence-electron chi connectivity index (χ0n) is 17.7. The largest absolute Gasteiger partial charge is 0.379 e. The lowest BCUT2D eigenvalue weighted by Crippen LogP contribution is -2.47. The summed E-state index contributed by atoms with van der Waals surface area (Å²) < 4.78 is 11.7. The maximum absolute atomic E-state index is 6.09. The topological polar surface area (TPSA) is 54.9 Å². The number of rotatable bonds is 6. The minimum absolute atomic E-state index is 0.0735. The molecule has 0 saturated carbocycles. The summed E-state index contributed by atoms with van der Waals surface area (Å²) in [6.45, 7) is 18.7. The van der Waals surface area contributed by atoms with Gasteiger partial charge in [-0.05, 0) is 30.6 Å². The summed E-state index contributed by atoms with van der Waals surface area (Å²) in [7, 11) is 1.76. The average molecular weight is 356 g/mol. The van der Waals surface area contributed by atoms with Gasteiger partial charge in [0, 0.05) is 32.7 Å². The van der Waals surface area contributed by atoms with Crippen LogP contribution in [0, 0.1) is 16.7 Å². The lowest BCUT2D eigenvalue weighted by molar-refractivity contribution is -0.0835. The fourth-order valence-electron chi connectivity index (χ4n) is 3.46. The Morgan fingerprint density at radius 3 is 2.40 bits per heavy atom. The lowest BCUT2D eigenvalue weighted by Gasteiger charge is -2.40. The maximum atomic E-state index is 6.09. The first-order chi connectivity index (χ1) is 11.6. The second-order valence-electron chi connectivity index (χ2n) is 9.25. The molecule has 1 rings (SSSR count). The van der Waals surface area contributed by atoms with Crippen LogP contribution in [-0.4, -0.2) is 51.5 Å². The maximum Gasteiger partial charge on any atom is 0.191 e. The van der Waals surface area contributed by atoms with Crippen molar-refractivity contribution in [3.8, 4) is 0 Å². The van der Waals surface area contributed by atoms with Crippen LogP contribution in [0.2, 0.25) is 0 Å². The molecule has 0 aromatic rings. The highest BCUT2D eigenvalue weighted by atomic mass is 16.5. The van der Waals surface area contributed by atoms with Crippen LogP contribution in [0.3, 0.4) is 0 Å². The van der Waals surface area contributed by atoms with Crippen molar-refractivity contribution in [2.24, 2.45) is 21.7 Å². The Labute approximate surface area is 155 Å². The van der Waals surface area contributed by atoms with E-state index in [0.29, 0.717) is 12.5 Å². The molecule has 148 valence electrons. The van der Waals surface area contributed by atoms with Gasteiger partial charge in [0.05, 0.1) is 18.8 Å². The molecule has 0 spiro atoms. The van der Waals surface area contributed by atoms with Gasteiger partial charge in [0.2, 0.25) is 0 Å². The van der Waals surface area contributed by atoms with Crippen LogP contribution in [0.4, 0.5) is 0 Å². The number of methoxy groups -OCH3 is 1. The quantitative estimate of drug-likeness (QED) is 0.566. The lowest BCUT2D eigenvalue weighted by atomic mass is 9.78. The predicted octanol–water partition coefficient (Wildman–Crippen LogP) is 3.44. The molecule has 0 amide bonds. The predicted molar refractivity (Wildman–Crippen MR) is 106 cm³/mol. The number of nitrogens with one attached hydrogen (secondary N) is 2. The zero-order chi connectivity index (χ0) is 19.1. The van der Waals surface area contributed by atoms with Gasteiger partial charge in [-0.15, -0.1) is 0 Å².